The van der Waals surface area contributed by atoms with Crippen LogP contribution in [0, 0.1) is 12.8 Å². The highest BCUT2D eigenvalue weighted by Gasteiger charge is 2.34. The van der Waals surface area contributed by atoms with E-state index in [0.717, 1.165) is 15.4 Å². The number of furan rings is 1. The summed E-state index contributed by atoms with van der Waals surface area (Å²) >= 11 is -2.46. The number of carbonyl (C=O) groups excluding carboxylic acids is 2. The van der Waals surface area contributed by atoms with Crippen LogP contribution in [-0.2, 0) is 30.8 Å². The zero-order valence-electron chi connectivity index (χ0n) is 24.3. The quantitative estimate of drug-likeness (QED) is 0.144. The summed E-state index contributed by atoms with van der Waals surface area (Å²) in [5.41, 5.74) is 3.74. The molecular formula is C30H33N3O8S2. The normalized spacial score (nSPS) is 13.0. The molecule has 0 aliphatic carbocycles. The topological polar surface area (TPSA) is 155 Å². The third kappa shape index (κ3) is 6.90. The SMILES string of the molecule is CCS(=O)(=O)Nc1cccc2oc(C(=O)Nc3ccc(-c4ccc(N(C(C(=O)OC)C(C)C)S(=O)O)cc4)cc3)c(C)c12. The van der Waals surface area contributed by atoms with Crippen LogP contribution in [0.4, 0.5) is 17.1 Å². The molecule has 0 aliphatic rings. The number of amides is 1. The van der Waals surface area contributed by atoms with E-state index in [1.807, 2.05) is 0 Å². The largest absolute Gasteiger partial charge is 0.467 e. The Morgan fingerprint density at radius 1 is 1.02 bits per heavy atom. The summed E-state index contributed by atoms with van der Waals surface area (Å²) < 4.78 is 60.7. The van der Waals surface area contributed by atoms with E-state index in [4.69, 9.17) is 9.15 Å². The molecule has 0 radical (unpaired) electrons. The Labute approximate surface area is 252 Å². The summed E-state index contributed by atoms with van der Waals surface area (Å²) in [6.45, 7) is 6.76. The van der Waals surface area contributed by atoms with Gasteiger partial charge in [-0.25, -0.2) is 17.4 Å². The number of nitrogens with zero attached hydrogens (tertiary/aromatic N) is 1. The Morgan fingerprint density at radius 2 is 1.63 bits per heavy atom. The van der Waals surface area contributed by atoms with Crippen LogP contribution in [0.5, 0.6) is 0 Å². The Kier molecular flexibility index (Phi) is 9.58. The summed E-state index contributed by atoms with van der Waals surface area (Å²) in [4.78, 5) is 25.4. The number of hydrogen-bond acceptors (Lipinski definition) is 7. The van der Waals surface area contributed by atoms with Gasteiger partial charge in [0.15, 0.2) is 5.76 Å². The molecule has 0 fully saturated rings. The predicted molar refractivity (Wildman–Crippen MR) is 168 cm³/mol. The molecule has 1 amide bonds. The van der Waals surface area contributed by atoms with Crippen LogP contribution in [0.1, 0.15) is 36.9 Å². The van der Waals surface area contributed by atoms with Gasteiger partial charge in [-0.15, -0.1) is 0 Å². The number of esters is 1. The number of methoxy groups -OCH3 is 1. The number of ether oxygens (including phenoxy) is 1. The molecule has 0 saturated heterocycles. The van der Waals surface area contributed by atoms with Crippen molar-refractivity contribution in [3.05, 3.63) is 78.1 Å². The molecule has 4 rings (SSSR count). The van der Waals surface area contributed by atoms with Crippen molar-refractivity contribution < 1.29 is 35.9 Å². The van der Waals surface area contributed by atoms with E-state index in [9.17, 15) is 26.8 Å². The van der Waals surface area contributed by atoms with Crippen molar-refractivity contribution in [2.24, 2.45) is 5.92 Å². The minimum Gasteiger partial charge on any atom is -0.467 e. The van der Waals surface area contributed by atoms with Gasteiger partial charge >= 0.3 is 5.97 Å². The molecule has 1 aromatic heterocycles. The van der Waals surface area contributed by atoms with E-state index >= 15 is 0 Å². The van der Waals surface area contributed by atoms with E-state index in [1.165, 1.54) is 14.0 Å². The molecular weight excluding hydrogens is 594 g/mol. The van der Waals surface area contributed by atoms with Gasteiger partial charge in [-0.3, -0.25) is 18.4 Å². The maximum absolute atomic E-state index is 13.1. The smallest absolute Gasteiger partial charge is 0.329 e. The number of sulfonamides is 1. The van der Waals surface area contributed by atoms with Gasteiger partial charge in [-0.1, -0.05) is 44.2 Å². The van der Waals surface area contributed by atoms with Crippen molar-refractivity contribution in [1.82, 2.24) is 0 Å². The van der Waals surface area contributed by atoms with Gasteiger partial charge in [0.25, 0.3) is 17.2 Å². The molecule has 0 aliphatic heterocycles. The van der Waals surface area contributed by atoms with Crippen molar-refractivity contribution in [2.75, 3.05) is 27.2 Å². The Morgan fingerprint density at radius 3 is 2.16 bits per heavy atom. The van der Waals surface area contributed by atoms with Crippen LogP contribution in [0.25, 0.3) is 22.1 Å². The summed E-state index contributed by atoms with van der Waals surface area (Å²) in [5.74, 6) is -1.42. The van der Waals surface area contributed by atoms with Gasteiger partial charge in [0, 0.05) is 16.6 Å². The molecule has 13 heteroatoms. The summed E-state index contributed by atoms with van der Waals surface area (Å²) in [5, 5.41) is 3.32. The molecule has 228 valence electrons. The van der Waals surface area contributed by atoms with Gasteiger partial charge in [-0.05, 0) is 67.3 Å². The molecule has 1 heterocycles. The minimum absolute atomic E-state index is 0.0651. The molecule has 3 N–H and O–H groups in total. The summed E-state index contributed by atoms with van der Waals surface area (Å²) in [6, 6.07) is 17.9. The number of nitrogens with one attached hydrogen (secondary N) is 2. The van der Waals surface area contributed by atoms with Crippen molar-refractivity contribution in [3.63, 3.8) is 0 Å². The van der Waals surface area contributed by atoms with Crippen LogP contribution in [-0.4, -0.2) is 48.0 Å². The minimum atomic E-state index is -3.53. The first-order chi connectivity index (χ1) is 20.4. The lowest BCUT2D eigenvalue weighted by molar-refractivity contribution is -0.142. The molecule has 4 aromatic rings. The lowest BCUT2D eigenvalue weighted by Crippen LogP contribution is -2.46. The molecule has 11 nitrogen and oxygen atoms in total. The van der Waals surface area contributed by atoms with Crippen LogP contribution >= 0.6 is 0 Å². The van der Waals surface area contributed by atoms with Crippen LogP contribution in [0.2, 0.25) is 0 Å². The third-order valence-electron chi connectivity index (χ3n) is 6.90. The van der Waals surface area contributed by atoms with Gasteiger partial charge < -0.3 is 14.5 Å². The number of benzene rings is 3. The van der Waals surface area contributed by atoms with E-state index in [-0.39, 0.29) is 17.4 Å². The fraction of sp³-hybridized carbons (Fsp3) is 0.267. The Hall–Kier alpha value is -4.20. The van der Waals surface area contributed by atoms with Crippen molar-refractivity contribution in [1.29, 1.82) is 0 Å². The van der Waals surface area contributed by atoms with Crippen molar-refractivity contribution in [3.8, 4) is 11.1 Å². The van der Waals surface area contributed by atoms with Crippen LogP contribution in [0.3, 0.4) is 0 Å². The van der Waals surface area contributed by atoms with E-state index in [1.54, 1.807) is 87.5 Å². The molecule has 0 bridgehead atoms. The lowest BCUT2D eigenvalue weighted by Gasteiger charge is -2.30. The zero-order valence-corrected chi connectivity index (χ0v) is 25.9. The van der Waals surface area contributed by atoms with Gasteiger partial charge in [0.1, 0.15) is 11.6 Å². The molecule has 0 saturated carbocycles. The molecule has 2 atom stereocenters. The van der Waals surface area contributed by atoms with E-state index < -0.39 is 39.2 Å². The second-order valence-corrected chi connectivity index (χ2v) is 13.0. The van der Waals surface area contributed by atoms with E-state index in [0.29, 0.717) is 33.6 Å². The average Bonchev–Trinajstić information content (AvgIpc) is 3.32. The van der Waals surface area contributed by atoms with Crippen LogP contribution in [0.15, 0.2) is 71.1 Å². The number of fused-ring (bicyclic) bond motifs is 1. The standard InChI is InChI=1S/C30H33N3O8S2/c1-6-43(38,39)32-24-8-7-9-25-26(24)19(4)28(41-25)29(34)31-22-14-10-20(11-15-22)21-12-16-23(17-13-21)33(42(36)37)27(18(2)3)30(35)40-5/h7-18,27,32H,6H2,1-5H3,(H,31,34)(H,36,37). The molecule has 3 aromatic carbocycles. The number of aryl methyl sites for hydroxylation is 1. The molecule has 2 unspecified atom stereocenters. The molecule has 43 heavy (non-hydrogen) atoms. The second-order valence-electron chi connectivity index (χ2n) is 10.1. The van der Waals surface area contributed by atoms with Crippen molar-refractivity contribution in [2.45, 2.75) is 33.7 Å². The Bertz CT molecular complexity index is 1770. The molecule has 0 spiro atoms. The fourth-order valence-electron chi connectivity index (χ4n) is 4.69. The fourth-order valence-corrected chi connectivity index (χ4v) is 6.16. The number of carbonyl (C=O) groups is 2. The summed E-state index contributed by atoms with van der Waals surface area (Å²) in [7, 11) is -2.29. The number of anilines is 3. The maximum Gasteiger partial charge on any atom is 0.329 e. The highest BCUT2D eigenvalue weighted by atomic mass is 32.2. The van der Waals surface area contributed by atoms with Gasteiger partial charge in [0.05, 0.1) is 24.2 Å². The maximum atomic E-state index is 13.1. The van der Waals surface area contributed by atoms with Crippen LogP contribution < -0.4 is 14.3 Å². The van der Waals surface area contributed by atoms with Gasteiger partial charge in [0.2, 0.25) is 10.0 Å². The first kappa shape index (κ1) is 31.7. The predicted octanol–water partition coefficient (Wildman–Crippen LogP) is 5.56. The average molecular weight is 628 g/mol. The summed E-state index contributed by atoms with van der Waals surface area (Å²) in [6.07, 6.45) is 0. The number of hydrogen-bond donors (Lipinski definition) is 3. The monoisotopic (exact) mass is 627 g/mol. The van der Waals surface area contributed by atoms with Crippen molar-refractivity contribution >= 4 is 61.2 Å². The van der Waals surface area contributed by atoms with E-state index in [2.05, 4.69) is 10.0 Å². The zero-order chi connectivity index (χ0) is 31.5. The number of rotatable bonds is 11. The first-order valence-corrected chi connectivity index (χ1v) is 16.1. The Balaban J connectivity index is 1.53. The highest BCUT2D eigenvalue weighted by Crippen LogP contribution is 2.33. The second kappa shape index (κ2) is 13.0. The lowest BCUT2D eigenvalue weighted by atomic mass is 10.0. The first-order valence-electron chi connectivity index (χ1n) is 13.4. The third-order valence-corrected chi connectivity index (χ3v) is 8.96. The van der Waals surface area contributed by atoms with Gasteiger partial charge in [-0.2, -0.15) is 0 Å². The highest BCUT2D eigenvalue weighted by molar-refractivity contribution is 7.92.